The molecule has 0 fully saturated rings. The van der Waals surface area contributed by atoms with Gasteiger partial charge in [0.05, 0.1) is 16.7 Å². The van der Waals surface area contributed by atoms with Crippen LogP contribution in [0.25, 0.3) is 33.2 Å². The highest BCUT2D eigenvalue weighted by Crippen LogP contribution is 2.47. The predicted octanol–water partition coefficient (Wildman–Crippen LogP) is 5.17. The molecule has 0 amide bonds. The van der Waals surface area contributed by atoms with Crippen LogP contribution in [-0.2, 0) is 0 Å². The number of fused-ring (bicyclic) bond motifs is 4. The molecule has 0 atom stereocenters. The molecule has 6 rings (SSSR count). The molecule has 4 nitrogen and oxygen atoms in total. The van der Waals surface area contributed by atoms with Crippen LogP contribution >= 0.6 is 0 Å². The average Bonchev–Trinajstić information content (AvgIpc) is 3.14. The first-order chi connectivity index (χ1) is 15.2. The van der Waals surface area contributed by atoms with Crippen LogP contribution in [0.4, 0.5) is 0 Å². The molecular formula is C27H21N4+. The van der Waals surface area contributed by atoms with Crippen molar-refractivity contribution >= 4 is 27.8 Å². The highest BCUT2D eigenvalue weighted by molar-refractivity contribution is 6.20. The molecule has 0 bridgehead atoms. The first kappa shape index (κ1) is 17.8. The van der Waals surface area contributed by atoms with Crippen molar-refractivity contribution < 1.29 is 4.68 Å². The van der Waals surface area contributed by atoms with E-state index >= 15 is 0 Å². The Kier molecular flexibility index (Phi) is 3.87. The monoisotopic (exact) mass is 401 g/mol. The molecular weight excluding hydrogens is 380 g/mol. The van der Waals surface area contributed by atoms with Crippen molar-refractivity contribution in [1.29, 1.82) is 0 Å². The molecule has 0 radical (unpaired) electrons. The Balaban J connectivity index is 1.69. The molecule has 0 unspecified atom stereocenters. The number of nitrogens with zero attached hydrogens (tertiary/aromatic N) is 3. The first-order valence-electron chi connectivity index (χ1n) is 10.4. The van der Waals surface area contributed by atoms with E-state index in [9.17, 15) is 0 Å². The second kappa shape index (κ2) is 6.74. The van der Waals surface area contributed by atoms with Gasteiger partial charge in [-0.3, -0.25) is 5.43 Å². The van der Waals surface area contributed by atoms with Gasteiger partial charge >= 0.3 is 0 Å². The van der Waals surface area contributed by atoms with E-state index < -0.39 is 0 Å². The van der Waals surface area contributed by atoms with Crippen molar-refractivity contribution in [1.82, 2.24) is 10.5 Å². The van der Waals surface area contributed by atoms with Gasteiger partial charge in [0.2, 0.25) is 6.20 Å². The van der Waals surface area contributed by atoms with Crippen LogP contribution in [0.2, 0.25) is 0 Å². The predicted molar refractivity (Wildman–Crippen MR) is 125 cm³/mol. The maximum absolute atomic E-state index is 4.78. The second-order valence-electron chi connectivity index (χ2n) is 7.97. The van der Waals surface area contributed by atoms with E-state index in [0.29, 0.717) is 0 Å². The van der Waals surface area contributed by atoms with Crippen molar-refractivity contribution in [3.8, 4) is 11.1 Å². The van der Waals surface area contributed by atoms with Gasteiger partial charge in [-0.25, -0.2) is 0 Å². The Bertz CT molecular complexity index is 1430. The number of nitrogens with one attached hydrogen (secondary N) is 1. The van der Waals surface area contributed by atoms with Crippen molar-refractivity contribution in [2.24, 2.45) is 5.10 Å². The summed E-state index contributed by atoms with van der Waals surface area (Å²) in [5.41, 5.74) is 13.5. The highest BCUT2D eigenvalue weighted by atomic mass is 15.3. The fourth-order valence-electron chi connectivity index (χ4n) is 4.67. The van der Waals surface area contributed by atoms with E-state index in [2.05, 4.69) is 97.3 Å². The lowest BCUT2D eigenvalue weighted by Gasteiger charge is -2.18. The molecule has 1 N–H and O–H groups in total. The van der Waals surface area contributed by atoms with Crippen LogP contribution in [0.1, 0.15) is 25.0 Å². The molecule has 148 valence electrons. The lowest BCUT2D eigenvalue weighted by molar-refractivity contribution is -0.643. The van der Waals surface area contributed by atoms with Gasteiger partial charge in [-0.15, -0.1) is 0 Å². The Hall–Kier alpha value is -4.05. The third-order valence-corrected chi connectivity index (χ3v) is 6.09. The minimum atomic E-state index is 0.949. The van der Waals surface area contributed by atoms with E-state index in [4.69, 9.17) is 5.10 Å². The lowest BCUT2D eigenvalue weighted by atomic mass is 9.92. The third kappa shape index (κ3) is 2.65. The molecule has 4 aromatic rings. The van der Waals surface area contributed by atoms with Crippen LogP contribution in [0, 0.1) is 0 Å². The number of benzene rings is 3. The highest BCUT2D eigenvalue weighted by Gasteiger charge is 2.35. The van der Waals surface area contributed by atoms with Gasteiger partial charge in [-0.1, -0.05) is 66.7 Å². The molecule has 2 aliphatic rings. The Labute approximate surface area is 180 Å². The van der Waals surface area contributed by atoms with Gasteiger partial charge in [-0.05, 0) is 51.9 Å². The molecule has 0 saturated heterocycles. The number of hydrogen-bond donors (Lipinski definition) is 1. The van der Waals surface area contributed by atoms with Crippen LogP contribution in [-0.4, -0.2) is 10.8 Å². The first-order valence-corrected chi connectivity index (χ1v) is 10.4. The Morgan fingerprint density at radius 2 is 1.26 bits per heavy atom. The zero-order chi connectivity index (χ0) is 20.9. The van der Waals surface area contributed by atoms with Crippen LogP contribution in [0.5, 0.6) is 0 Å². The van der Waals surface area contributed by atoms with Crippen LogP contribution < -0.4 is 10.1 Å². The van der Waals surface area contributed by atoms with Crippen molar-refractivity contribution in [3.05, 3.63) is 108 Å². The minimum Gasteiger partial charge on any atom is -0.276 e. The number of allylic oxidation sites excluding steroid dienone is 3. The summed E-state index contributed by atoms with van der Waals surface area (Å²) in [5, 5.41) is 11.7. The van der Waals surface area contributed by atoms with Crippen molar-refractivity contribution in [2.75, 3.05) is 0 Å². The fourth-order valence-corrected chi connectivity index (χ4v) is 4.67. The number of hydrazone groups is 1. The van der Waals surface area contributed by atoms with E-state index in [0.717, 1.165) is 33.5 Å². The topological polar surface area (TPSA) is 41.2 Å². The standard InChI is InChI=1S/C27H21N4/c1-17-25(26-23-13-7-5-11-21(23)22-12-6-8-14-24(22)26)27(18(2)30-29-17)31-16-20-10-4-3-9-19(20)15-28-31/h3-16,30H,1-2H3/q+1. The number of aromatic nitrogens is 2. The van der Waals surface area contributed by atoms with Crippen LogP contribution in [0.15, 0.2) is 102 Å². The van der Waals surface area contributed by atoms with Gasteiger partial charge in [0.1, 0.15) is 11.9 Å². The second-order valence-corrected chi connectivity index (χ2v) is 7.97. The molecule has 2 heterocycles. The summed E-state index contributed by atoms with van der Waals surface area (Å²) in [7, 11) is 0. The Morgan fingerprint density at radius 1 is 0.677 bits per heavy atom. The van der Waals surface area contributed by atoms with E-state index in [1.54, 1.807) is 0 Å². The zero-order valence-corrected chi connectivity index (χ0v) is 17.4. The molecule has 4 heteroatoms. The summed E-state index contributed by atoms with van der Waals surface area (Å²) in [6, 6.07) is 25.5. The molecule has 1 aliphatic carbocycles. The molecule has 31 heavy (non-hydrogen) atoms. The van der Waals surface area contributed by atoms with Crippen molar-refractivity contribution in [2.45, 2.75) is 13.8 Å². The zero-order valence-electron chi connectivity index (χ0n) is 17.4. The third-order valence-electron chi connectivity index (χ3n) is 6.09. The minimum absolute atomic E-state index is 0.949. The SMILES string of the molecule is CC1=NNC(C)=C([n+]2cc3ccccc3cn2)C1=C1c2ccccc2-c2ccccc21. The van der Waals surface area contributed by atoms with Gasteiger partial charge < -0.3 is 0 Å². The maximum Gasteiger partial charge on any atom is 0.268 e. The molecule has 0 saturated carbocycles. The largest absolute Gasteiger partial charge is 0.276 e. The lowest BCUT2D eigenvalue weighted by Crippen LogP contribution is -2.42. The molecule has 1 aliphatic heterocycles. The summed E-state index contributed by atoms with van der Waals surface area (Å²) in [6.07, 6.45) is 4.03. The molecule has 0 spiro atoms. The molecule has 1 aromatic heterocycles. The summed E-state index contributed by atoms with van der Waals surface area (Å²) >= 11 is 0. The number of hydrogen-bond acceptors (Lipinski definition) is 3. The maximum atomic E-state index is 4.78. The summed E-state index contributed by atoms with van der Waals surface area (Å²) in [4.78, 5) is 0. The smallest absolute Gasteiger partial charge is 0.268 e. The average molecular weight is 401 g/mol. The summed E-state index contributed by atoms with van der Waals surface area (Å²) in [6.45, 7) is 4.12. The molecule has 3 aromatic carbocycles. The fraction of sp³-hybridized carbons (Fsp3) is 0.0741. The van der Waals surface area contributed by atoms with Gasteiger partial charge in [0.15, 0.2) is 0 Å². The van der Waals surface area contributed by atoms with E-state index in [1.807, 2.05) is 16.9 Å². The van der Waals surface area contributed by atoms with Gasteiger partial charge in [0.25, 0.3) is 5.70 Å². The van der Waals surface area contributed by atoms with E-state index in [1.165, 1.54) is 27.8 Å². The van der Waals surface area contributed by atoms with Crippen molar-refractivity contribution in [3.63, 3.8) is 0 Å². The number of rotatable bonds is 1. The van der Waals surface area contributed by atoms with Crippen LogP contribution in [0.3, 0.4) is 0 Å². The van der Waals surface area contributed by atoms with Gasteiger partial charge in [0, 0.05) is 11.0 Å². The summed E-state index contributed by atoms with van der Waals surface area (Å²) < 4.78 is 1.98. The quantitative estimate of drug-likeness (QED) is 0.394. The summed E-state index contributed by atoms with van der Waals surface area (Å²) in [5.74, 6) is 0. The van der Waals surface area contributed by atoms with Gasteiger partial charge in [-0.2, -0.15) is 5.10 Å². The normalized spacial score (nSPS) is 15.0. The Morgan fingerprint density at radius 3 is 1.94 bits per heavy atom. The van der Waals surface area contributed by atoms with E-state index in [-0.39, 0.29) is 0 Å².